The second-order valence-electron chi connectivity index (χ2n) is 7.61. The molecule has 0 radical (unpaired) electrons. The number of nitrogens with zero attached hydrogens (tertiary/aromatic N) is 2. The number of anilines is 1. The first-order valence-corrected chi connectivity index (χ1v) is 9.78. The summed E-state index contributed by atoms with van der Waals surface area (Å²) in [5.74, 6) is -2.28. The molecule has 1 aliphatic heterocycles. The van der Waals surface area contributed by atoms with Gasteiger partial charge in [-0.1, -0.05) is 31.0 Å². The average Bonchev–Trinajstić information content (AvgIpc) is 2.92. The first kappa shape index (κ1) is 20.0. The summed E-state index contributed by atoms with van der Waals surface area (Å²) < 4.78 is 5.09. The summed E-state index contributed by atoms with van der Waals surface area (Å²) in [6, 6.07) is 9.01. The third-order valence-corrected chi connectivity index (χ3v) is 5.40. The average molecular weight is 386 g/mol. The van der Waals surface area contributed by atoms with Crippen LogP contribution in [0.2, 0.25) is 0 Å². The smallest absolute Gasteiger partial charge is 0.326 e. The van der Waals surface area contributed by atoms with Crippen LogP contribution in [0.3, 0.4) is 0 Å². The molecule has 0 N–H and O–H groups in total. The van der Waals surface area contributed by atoms with Crippen LogP contribution < -0.4 is 4.90 Å². The number of amides is 3. The fraction of sp³-hybridized carbons (Fsp3) is 0.524. The lowest BCUT2D eigenvalue weighted by Crippen LogP contribution is -2.41. The van der Waals surface area contributed by atoms with Gasteiger partial charge in [-0.15, -0.1) is 0 Å². The standard InChI is InChI=1S/C21H26N2O5/c1-14(2)23(15-8-4-3-5-9-15)18(24)13-28-19(25)12-22-20(26)16-10-6-7-11-17(16)21(22)27/h3-5,8-9,14,16-17H,6-7,10-13H2,1-2H3/t16-,17-/m0/s1. The summed E-state index contributed by atoms with van der Waals surface area (Å²) in [5.41, 5.74) is 0.715. The Morgan fingerprint density at radius 2 is 1.64 bits per heavy atom. The molecule has 1 aliphatic carbocycles. The van der Waals surface area contributed by atoms with Crippen LogP contribution >= 0.6 is 0 Å². The van der Waals surface area contributed by atoms with Crippen molar-refractivity contribution in [2.45, 2.75) is 45.6 Å². The van der Waals surface area contributed by atoms with Crippen molar-refractivity contribution < 1.29 is 23.9 Å². The van der Waals surface area contributed by atoms with Crippen LogP contribution in [0.15, 0.2) is 30.3 Å². The number of ether oxygens (including phenoxy) is 1. The molecule has 0 aromatic heterocycles. The van der Waals surface area contributed by atoms with Crippen molar-refractivity contribution in [3.63, 3.8) is 0 Å². The van der Waals surface area contributed by atoms with Gasteiger partial charge in [0.25, 0.3) is 5.91 Å². The number of carbonyl (C=O) groups excluding carboxylic acids is 4. The number of likely N-dealkylation sites (tertiary alicyclic amines) is 1. The Labute approximate surface area is 164 Å². The minimum atomic E-state index is -0.745. The molecule has 0 spiro atoms. The minimum Gasteiger partial charge on any atom is -0.454 e. The van der Waals surface area contributed by atoms with E-state index in [9.17, 15) is 19.2 Å². The monoisotopic (exact) mass is 386 g/mol. The SMILES string of the molecule is CC(C)N(C(=O)COC(=O)CN1C(=O)[C@H]2CCCC[C@@H]2C1=O)c1ccccc1. The zero-order valence-electron chi connectivity index (χ0n) is 16.3. The summed E-state index contributed by atoms with van der Waals surface area (Å²) in [4.78, 5) is 52.2. The Bertz CT molecular complexity index is 737. The maximum Gasteiger partial charge on any atom is 0.326 e. The second-order valence-corrected chi connectivity index (χ2v) is 7.61. The van der Waals surface area contributed by atoms with Gasteiger partial charge in [0.2, 0.25) is 11.8 Å². The van der Waals surface area contributed by atoms with Gasteiger partial charge in [-0.2, -0.15) is 0 Å². The minimum absolute atomic E-state index is 0.113. The summed E-state index contributed by atoms with van der Waals surface area (Å²) in [7, 11) is 0. The van der Waals surface area contributed by atoms with Gasteiger partial charge >= 0.3 is 5.97 Å². The summed E-state index contributed by atoms with van der Waals surface area (Å²) in [6.07, 6.45) is 3.24. The van der Waals surface area contributed by atoms with Gasteiger partial charge < -0.3 is 9.64 Å². The lowest BCUT2D eigenvalue weighted by atomic mass is 9.81. The van der Waals surface area contributed by atoms with E-state index < -0.39 is 19.1 Å². The largest absolute Gasteiger partial charge is 0.454 e. The Kier molecular flexibility index (Phi) is 6.11. The lowest BCUT2D eigenvalue weighted by molar-refractivity contribution is -0.154. The van der Waals surface area contributed by atoms with Crippen molar-refractivity contribution in [2.24, 2.45) is 11.8 Å². The molecule has 1 heterocycles. The molecule has 7 nitrogen and oxygen atoms in total. The number of fused-ring (bicyclic) bond motifs is 1. The predicted octanol–water partition coefficient (Wildman–Crippen LogP) is 2.15. The van der Waals surface area contributed by atoms with Crippen LogP contribution in [0.1, 0.15) is 39.5 Å². The van der Waals surface area contributed by atoms with E-state index in [2.05, 4.69) is 0 Å². The fourth-order valence-corrected chi connectivity index (χ4v) is 4.09. The van der Waals surface area contributed by atoms with E-state index >= 15 is 0 Å². The van der Waals surface area contributed by atoms with Gasteiger partial charge in [0.15, 0.2) is 6.61 Å². The first-order chi connectivity index (χ1) is 13.4. The van der Waals surface area contributed by atoms with Gasteiger partial charge in [0, 0.05) is 11.7 Å². The number of carbonyl (C=O) groups is 4. The van der Waals surface area contributed by atoms with E-state index in [-0.39, 0.29) is 35.6 Å². The number of imide groups is 1. The van der Waals surface area contributed by atoms with Crippen LogP contribution in [-0.4, -0.2) is 47.8 Å². The zero-order valence-corrected chi connectivity index (χ0v) is 16.3. The van der Waals surface area contributed by atoms with Crippen LogP contribution in [0.25, 0.3) is 0 Å². The summed E-state index contributed by atoms with van der Waals surface area (Å²) in [6.45, 7) is 2.88. The highest BCUT2D eigenvalue weighted by atomic mass is 16.5. The summed E-state index contributed by atoms with van der Waals surface area (Å²) in [5, 5.41) is 0. The van der Waals surface area contributed by atoms with Crippen LogP contribution in [0, 0.1) is 11.8 Å². The number of benzene rings is 1. The molecule has 1 saturated carbocycles. The quantitative estimate of drug-likeness (QED) is 0.552. The second kappa shape index (κ2) is 8.54. The third kappa shape index (κ3) is 4.08. The summed E-state index contributed by atoms with van der Waals surface area (Å²) >= 11 is 0. The molecule has 0 unspecified atom stereocenters. The van der Waals surface area contributed by atoms with Gasteiger partial charge in [0.05, 0.1) is 11.8 Å². The molecule has 7 heteroatoms. The fourth-order valence-electron chi connectivity index (χ4n) is 4.09. The van der Waals surface area contributed by atoms with Gasteiger partial charge in [0.1, 0.15) is 6.54 Å². The number of para-hydroxylation sites is 1. The van der Waals surface area contributed by atoms with Crippen LogP contribution in [-0.2, 0) is 23.9 Å². The molecule has 28 heavy (non-hydrogen) atoms. The maximum absolute atomic E-state index is 12.6. The Morgan fingerprint density at radius 1 is 1.07 bits per heavy atom. The van der Waals surface area contributed by atoms with E-state index in [1.54, 1.807) is 4.90 Å². The Hall–Kier alpha value is -2.70. The van der Waals surface area contributed by atoms with Gasteiger partial charge in [-0.25, -0.2) is 0 Å². The molecule has 0 bridgehead atoms. The third-order valence-electron chi connectivity index (χ3n) is 5.40. The Balaban J connectivity index is 1.57. The highest BCUT2D eigenvalue weighted by molar-refractivity contribution is 6.07. The van der Waals surface area contributed by atoms with E-state index in [0.29, 0.717) is 18.5 Å². The van der Waals surface area contributed by atoms with Crippen LogP contribution in [0.4, 0.5) is 5.69 Å². The van der Waals surface area contributed by atoms with E-state index in [1.165, 1.54) is 0 Å². The van der Waals surface area contributed by atoms with Gasteiger partial charge in [-0.3, -0.25) is 24.1 Å². The molecule has 150 valence electrons. The van der Waals surface area contributed by atoms with Crippen molar-refractivity contribution in [3.8, 4) is 0 Å². The first-order valence-electron chi connectivity index (χ1n) is 9.78. The molecule has 1 saturated heterocycles. The molecule has 1 aromatic carbocycles. The predicted molar refractivity (Wildman–Crippen MR) is 102 cm³/mol. The van der Waals surface area contributed by atoms with Gasteiger partial charge in [-0.05, 0) is 38.8 Å². The normalized spacial score (nSPS) is 21.6. The van der Waals surface area contributed by atoms with E-state index in [0.717, 1.165) is 17.7 Å². The van der Waals surface area contributed by atoms with Crippen molar-refractivity contribution in [3.05, 3.63) is 30.3 Å². The van der Waals surface area contributed by atoms with Crippen molar-refractivity contribution in [1.29, 1.82) is 0 Å². The molecule has 2 atom stereocenters. The molecule has 2 aliphatic rings. The maximum atomic E-state index is 12.6. The van der Waals surface area contributed by atoms with Crippen LogP contribution in [0.5, 0.6) is 0 Å². The topological polar surface area (TPSA) is 84.0 Å². The molecule has 1 aromatic rings. The number of rotatable bonds is 6. The molecule has 3 rings (SSSR count). The Morgan fingerprint density at radius 3 is 2.18 bits per heavy atom. The van der Waals surface area contributed by atoms with Crippen molar-refractivity contribution in [1.82, 2.24) is 4.90 Å². The zero-order chi connectivity index (χ0) is 20.3. The highest BCUT2D eigenvalue weighted by Gasteiger charge is 2.48. The molecular weight excluding hydrogens is 360 g/mol. The highest BCUT2D eigenvalue weighted by Crippen LogP contribution is 2.37. The lowest BCUT2D eigenvalue weighted by Gasteiger charge is -2.26. The number of hydrogen-bond donors (Lipinski definition) is 0. The molecule has 2 fully saturated rings. The van der Waals surface area contributed by atoms with Crippen molar-refractivity contribution >= 4 is 29.4 Å². The number of hydrogen-bond acceptors (Lipinski definition) is 5. The number of esters is 1. The molecular formula is C21H26N2O5. The molecule has 3 amide bonds. The van der Waals surface area contributed by atoms with E-state index in [4.69, 9.17) is 4.74 Å². The van der Waals surface area contributed by atoms with Crippen molar-refractivity contribution in [2.75, 3.05) is 18.1 Å². The van der Waals surface area contributed by atoms with E-state index in [1.807, 2.05) is 44.2 Å².